The Morgan fingerprint density at radius 2 is 2.19 bits per heavy atom. The van der Waals surface area contributed by atoms with Crippen LogP contribution in [0.4, 0.5) is 0 Å². The van der Waals surface area contributed by atoms with Gasteiger partial charge in [-0.15, -0.1) is 11.3 Å². The minimum atomic E-state index is -3.94. The Bertz CT molecular complexity index is 773. The van der Waals surface area contributed by atoms with E-state index in [1.54, 1.807) is 25.1 Å². The van der Waals surface area contributed by atoms with Crippen molar-refractivity contribution in [2.75, 3.05) is 0 Å². The zero-order chi connectivity index (χ0) is 15.6. The van der Waals surface area contributed by atoms with Crippen molar-refractivity contribution in [2.24, 2.45) is 0 Å². The fourth-order valence-electron chi connectivity index (χ4n) is 1.70. The number of hydrogen-bond acceptors (Lipinski definition) is 5. The number of aromatic nitrogens is 1. The van der Waals surface area contributed by atoms with E-state index in [-0.39, 0.29) is 4.21 Å². The van der Waals surface area contributed by atoms with Gasteiger partial charge in [0.2, 0.25) is 0 Å². The van der Waals surface area contributed by atoms with Gasteiger partial charge in [0.15, 0.2) is 9.90 Å². The molecule has 1 heterocycles. The fourth-order valence-corrected chi connectivity index (χ4v) is 4.50. The van der Waals surface area contributed by atoms with Crippen LogP contribution in [-0.2, 0) is 10.0 Å². The minimum Gasteiger partial charge on any atom is -0.476 e. The van der Waals surface area contributed by atoms with E-state index in [1.165, 1.54) is 5.51 Å². The molecule has 0 aliphatic carbocycles. The molecular weight excluding hydrogens is 380 g/mol. The highest BCUT2D eigenvalue weighted by molar-refractivity contribution is 9.10. The molecule has 2 rings (SSSR count). The predicted molar refractivity (Wildman–Crippen MR) is 82.0 cm³/mol. The highest BCUT2D eigenvalue weighted by atomic mass is 79.9. The molecular formula is C12H11BrN2O4S2. The van der Waals surface area contributed by atoms with Gasteiger partial charge in [-0.25, -0.2) is 22.9 Å². The van der Waals surface area contributed by atoms with Gasteiger partial charge in [-0.2, -0.15) is 0 Å². The summed E-state index contributed by atoms with van der Waals surface area (Å²) in [7, 11) is -3.94. The summed E-state index contributed by atoms with van der Waals surface area (Å²) in [6.45, 7) is 1.68. The van der Waals surface area contributed by atoms with Crippen LogP contribution in [0.25, 0.3) is 0 Å². The lowest BCUT2D eigenvalue weighted by molar-refractivity contribution is 0.0687. The van der Waals surface area contributed by atoms with Crippen molar-refractivity contribution in [2.45, 2.75) is 17.2 Å². The summed E-state index contributed by atoms with van der Waals surface area (Å²) >= 11 is 4.09. The summed E-state index contributed by atoms with van der Waals surface area (Å²) in [4.78, 5) is 14.5. The van der Waals surface area contributed by atoms with E-state index in [9.17, 15) is 13.2 Å². The summed E-state index contributed by atoms with van der Waals surface area (Å²) in [5, 5.41) is 8.95. The Morgan fingerprint density at radius 1 is 1.48 bits per heavy atom. The molecule has 0 aliphatic heterocycles. The molecule has 1 aromatic heterocycles. The maximum absolute atomic E-state index is 12.3. The van der Waals surface area contributed by atoms with Crippen molar-refractivity contribution in [1.29, 1.82) is 0 Å². The summed E-state index contributed by atoms with van der Waals surface area (Å²) in [5.74, 6) is -1.37. The molecule has 0 fully saturated rings. The average molecular weight is 391 g/mol. The van der Waals surface area contributed by atoms with E-state index < -0.39 is 27.7 Å². The van der Waals surface area contributed by atoms with Crippen LogP contribution in [0.5, 0.6) is 0 Å². The molecule has 0 saturated heterocycles. The van der Waals surface area contributed by atoms with Gasteiger partial charge < -0.3 is 5.11 Å². The first-order valence-corrected chi connectivity index (χ1v) is 8.91. The van der Waals surface area contributed by atoms with Crippen LogP contribution >= 0.6 is 27.3 Å². The van der Waals surface area contributed by atoms with Crippen molar-refractivity contribution >= 4 is 43.3 Å². The minimum absolute atomic E-state index is 0.295. The van der Waals surface area contributed by atoms with Gasteiger partial charge in [-0.1, -0.05) is 28.1 Å². The van der Waals surface area contributed by atoms with E-state index in [4.69, 9.17) is 5.11 Å². The van der Waals surface area contributed by atoms with E-state index in [0.717, 1.165) is 21.4 Å². The normalized spacial score (nSPS) is 13.0. The first kappa shape index (κ1) is 16.1. The van der Waals surface area contributed by atoms with Crippen LogP contribution < -0.4 is 4.72 Å². The Hall–Kier alpha value is -1.29. The van der Waals surface area contributed by atoms with E-state index in [0.29, 0.717) is 0 Å². The van der Waals surface area contributed by atoms with Gasteiger partial charge >= 0.3 is 5.97 Å². The first-order chi connectivity index (χ1) is 9.81. The predicted octanol–water partition coefficient (Wildman–Crippen LogP) is 2.64. The van der Waals surface area contributed by atoms with Crippen molar-refractivity contribution < 1.29 is 18.3 Å². The van der Waals surface area contributed by atoms with Crippen LogP contribution in [0.2, 0.25) is 0 Å². The summed E-state index contributed by atoms with van der Waals surface area (Å²) in [6, 6.07) is 6.69. The number of benzene rings is 1. The number of aromatic carboxylic acids is 1. The van der Waals surface area contributed by atoms with Gasteiger partial charge in [0.05, 0.1) is 5.51 Å². The number of thiazole rings is 1. The molecule has 0 amide bonds. The standard InChI is InChI=1S/C12H11BrN2O4S2/c1-7(8-3-2-4-9(13)5-8)15-21(18,19)12-10(11(16)17)14-6-20-12/h2-7,15H,1H3,(H,16,17). The molecule has 6 nitrogen and oxygen atoms in total. The van der Waals surface area contributed by atoms with Crippen molar-refractivity contribution in [3.8, 4) is 0 Å². The average Bonchev–Trinajstić information content (AvgIpc) is 2.88. The van der Waals surface area contributed by atoms with Gasteiger partial charge in [0.25, 0.3) is 10.0 Å². The number of carboxylic acid groups (broad SMARTS) is 1. The number of rotatable bonds is 5. The number of nitrogens with one attached hydrogen (secondary N) is 1. The van der Waals surface area contributed by atoms with E-state index >= 15 is 0 Å². The van der Waals surface area contributed by atoms with Gasteiger partial charge in [0.1, 0.15) is 0 Å². The zero-order valence-electron chi connectivity index (χ0n) is 10.8. The van der Waals surface area contributed by atoms with Gasteiger partial charge in [0, 0.05) is 10.5 Å². The zero-order valence-corrected chi connectivity index (χ0v) is 14.0. The molecule has 0 radical (unpaired) electrons. The summed E-state index contributed by atoms with van der Waals surface area (Å²) in [6.07, 6.45) is 0. The first-order valence-electron chi connectivity index (χ1n) is 5.76. The molecule has 1 unspecified atom stereocenters. The molecule has 21 heavy (non-hydrogen) atoms. The largest absolute Gasteiger partial charge is 0.476 e. The number of carbonyl (C=O) groups is 1. The number of hydrogen-bond donors (Lipinski definition) is 2. The fraction of sp³-hybridized carbons (Fsp3) is 0.167. The number of halogens is 1. The van der Waals surface area contributed by atoms with Crippen LogP contribution in [-0.4, -0.2) is 24.5 Å². The van der Waals surface area contributed by atoms with Crippen molar-refractivity contribution in [3.05, 3.63) is 45.5 Å². The van der Waals surface area contributed by atoms with E-state index in [1.807, 2.05) is 6.07 Å². The molecule has 0 aliphatic rings. The highest BCUT2D eigenvalue weighted by Crippen LogP contribution is 2.24. The summed E-state index contributed by atoms with van der Waals surface area (Å²) < 4.78 is 27.5. The topological polar surface area (TPSA) is 96.4 Å². The second-order valence-corrected chi connectivity index (χ2v) is 7.87. The molecule has 1 atom stereocenters. The number of carboxylic acids is 1. The Labute approximate surface area is 134 Å². The monoisotopic (exact) mass is 390 g/mol. The van der Waals surface area contributed by atoms with Crippen molar-refractivity contribution in [3.63, 3.8) is 0 Å². The second-order valence-electron chi connectivity index (χ2n) is 4.19. The quantitative estimate of drug-likeness (QED) is 0.817. The second kappa shape index (κ2) is 6.22. The Kier molecular flexibility index (Phi) is 4.77. The maximum atomic E-state index is 12.3. The highest BCUT2D eigenvalue weighted by Gasteiger charge is 2.27. The molecule has 1 aromatic carbocycles. The number of sulfonamides is 1. The molecule has 0 bridgehead atoms. The van der Waals surface area contributed by atoms with E-state index in [2.05, 4.69) is 25.6 Å². The van der Waals surface area contributed by atoms with Crippen LogP contribution in [0.15, 0.2) is 38.5 Å². The molecule has 112 valence electrons. The van der Waals surface area contributed by atoms with Gasteiger partial charge in [-0.3, -0.25) is 0 Å². The van der Waals surface area contributed by atoms with Crippen molar-refractivity contribution in [1.82, 2.24) is 9.71 Å². The molecule has 2 N–H and O–H groups in total. The Morgan fingerprint density at radius 3 is 2.81 bits per heavy atom. The smallest absolute Gasteiger partial charge is 0.356 e. The molecule has 2 aromatic rings. The Balaban J connectivity index is 2.29. The third-order valence-electron chi connectivity index (χ3n) is 2.66. The summed E-state index contributed by atoms with van der Waals surface area (Å²) in [5.41, 5.74) is 1.49. The lowest BCUT2D eigenvalue weighted by Crippen LogP contribution is -2.27. The van der Waals surface area contributed by atoms with Gasteiger partial charge in [-0.05, 0) is 24.6 Å². The third kappa shape index (κ3) is 3.67. The lowest BCUT2D eigenvalue weighted by atomic mass is 10.1. The van der Waals surface area contributed by atoms with Crippen LogP contribution in [0.3, 0.4) is 0 Å². The third-order valence-corrected chi connectivity index (χ3v) is 6.07. The van der Waals surface area contributed by atoms with Crippen LogP contribution in [0.1, 0.15) is 29.0 Å². The molecule has 0 saturated carbocycles. The van der Waals surface area contributed by atoms with Crippen LogP contribution in [0, 0.1) is 0 Å². The molecule has 9 heteroatoms. The molecule has 0 spiro atoms. The maximum Gasteiger partial charge on any atom is 0.356 e. The lowest BCUT2D eigenvalue weighted by Gasteiger charge is -2.14. The SMILES string of the molecule is CC(NS(=O)(=O)c1scnc1C(=O)O)c1cccc(Br)c1. The number of nitrogens with zero attached hydrogens (tertiary/aromatic N) is 1.